The topological polar surface area (TPSA) is 56.8 Å². The summed E-state index contributed by atoms with van der Waals surface area (Å²) >= 11 is 0. The summed E-state index contributed by atoms with van der Waals surface area (Å²) in [6.45, 7) is 4.27. The minimum absolute atomic E-state index is 0.0217. The second-order valence-electron chi connectivity index (χ2n) is 7.47. The van der Waals surface area contributed by atoms with Crippen LogP contribution in [-0.4, -0.2) is 70.3 Å². The Kier molecular flexibility index (Phi) is 5.67. The lowest BCUT2D eigenvalue weighted by Crippen LogP contribution is -2.58. The maximum atomic E-state index is 13.1. The normalized spacial score (nSPS) is 21.0. The number of rotatable bonds is 4. The van der Waals surface area contributed by atoms with Crippen LogP contribution in [0.2, 0.25) is 0 Å². The van der Waals surface area contributed by atoms with E-state index in [2.05, 4.69) is 22.0 Å². The quantitative estimate of drug-likeness (QED) is 0.817. The number of carbonyl (C=O) groups excluding carboxylic acids is 2. The molecule has 0 radical (unpaired) electrons. The van der Waals surface area contributed by atoms with Crippen LogP contribution in [0, 0.1) is 0 Å². The van der Waals surface area contributed by atoms with Crippen LogP contribution >= 0.6 is 0 Å². The number of nitrogens with zero attached hydrogens (tertiary/aromatic N) is 4. The number of piperazine rings is 1. The molecule has 146 valence electrons. The number of benzene rings is 1. The SMILES string of the molecule is O=C(c1cccnc1)N1CCN(C2CCCN(Cc3ccccc3)C2=O)CC1. The number of hydrogen-bond donors (Lipinski definition) is 0. The van der Waals surface area contributed by atoms with E-state index in [1.165, 1.54) is 5.56 Å². The van der Waals surface area contributed by atoms with E-state index in [4.69, 9.17) is 0 Å². The van der Waals surface area contributed by atoms with Gasteiger partial charge in [-0.3, -0.25) is 19.5 Å². The Balaban J connectivity index is 1.35. The summed E-state index contributed by atoms with van der Waals surface area (Å²) in [5.41, 5.74) is 1.79. The van der Waals surface area contributed by atoms with Crippen molar-refractivity contribution in [2.45, 2.75) is 25.4 Å². The Hall–Kier alpha value is -2.73. The van der Waals surface area contributed by atoms with Gasteiger partial charge < -0.3 is 9.80 Å². The minimum atomic E-state index is -0.0619. The summed E-state index contributed by atoms with van der Waals surface area (Å²) in [6, 6.07) is 13.7. The van der Waals surface area contributed by atoms with Gasteiger partial charge in [0.2, 0.25) is 5.91 Å². The summed E-state index contributed by atoms with van der Waals surface area (Å²) in [7, 11) is 0. The van der Waals surface area contributed by atoms with Gasteiger partial charge in [0.25, 0.3) is 5.91 Å². The van der Waals surface area contributed by atoms with E-state index in [0.717, 1.165) is 32.5 Å². The minimum Gasteiger partial charge on any atom is -0.337 e. The van der Waals surface area contributed by atoms with Crippen LogP contribution in [0.25, 0.3) is 0 Å². The Bertz CT molecular complexity index is 804. The van der Waals surface area contributed by atoms with Crippen LogP contribution in [0.15, 0.2) is 54.9 Å². The highest BCUT2D eigenvalue weighted by atomic mass is 16.2. The molecule has 2 saturated heterocycles. The molecule has 0 bridgehead atoms. The second-order valence-corrected chi connectivity index (χ2v) is 7.47. The standard InChI is InChI=1S/C22H26N4O2/c27-21(19-8-4-10-23-16-19)25-14-12-24(13-15-25)20-9-5-11-26(22(20)28)17-18-6-2-1-3-7-18/h1-4,6-8,10,16,20H,5,9,11-15,17H2. The summed E-state index contributed by atoms with van der Waals surface area (Å²) in [5.74, 6) is 0.246. The zero-order valence-electron chi connectivity index (χ0n) is 16.0. The summed E-state index contributed by atoms with van der Waals surface area (Å²) in [5, 5.41) is 0. The van der Waals surface area contributed by atoms with E-state index in [9.17, 15) is 9.59 Å². The molecule has 1 aromatic carbocycles. The van der Waals surface area contributed by atoms with Crippen molar-refractivity contribution in [3.63, 3.8) is 0 Å². The first-order valence-electron chi connectivity index (χ1n) is 9.98. The molecule has 2 aromatic rings. The molecule has 28 heavy (non-hydrogen) atoms. The maximum Gasteiger partial charge on any atom is 0.255 e. The number of likely N-dealkylation sites (tertiary alicyclic amines) is 1. The molecule has 2 aliphatic heterocycles. The lowest BCUT2D eigenvalue weighted by atomic mass is 10.0. The van der Waals surface area contributed by atoms with Crippen LogP contribution in [0.4, 0.5) is 0 Å². The van der Waals surface area contributed by atoms with Crippen molar-refractivity contribution in [3.05, 3.63) is 66.0 Å². The molecule has 1 atom stereocenters. The Labute approximate surface area is 165 Å². The van der Waals surface area contributed by atoms with Crippen LogP contribution in [0.1, 0.15) is 28.8 Å². The van der Waals surface area contributed by atoms with Gasteiger partial charge in [-0.1, -0.05) is 30.3 Å². The highest BCUT2D eigenvalue weighted by Crippen LogP contribution is 2.21. The summed E-state index contributed by atoms with van der Waals surface area (Å²) in [6.07, 6.45) is 5.21. The average molecular weight is 378 g/mol. The van der Waals surface area contributed by atoms with Crippen molar-refractivity contribution in [1.29, 1.82) is 0 Å². The predicted molar refractivity (Wildman–Crippen MR) is 107 cm³/mol. The van der Waals surface area contributed by atoms with Gasteiger partial charge in [-0.2, -0.15) is 0 Å². The summed E-state index contributed by atoms with van der Waals surface area (Å²) < 4.78 is 0. The highest BCUT2D eigenvalue weighted by Gasteiger charge is 2.35. The monoisotopic (exact) mass is 378 g/mol. The van der Waals surface area contributed by atoms with Gasteiger partial charge in [0.1, 0.15) is 0 Å². The molecular formula is C22H26N4O2. The largest absolute Gasteiger partial charge is 0.337 e. The molecular weight excluding hydrogens is 352 g/mol. The van der Waals surface area contributed by atoms with Crippen molar-refractivity contribution >= 4 is 11.8 Å². The van der Waals surface area contributed by atoms with E-state index in [1.54, 1.807) is 24.5 Å². The number of aromatic nitrogens is 1. The van der Waals surface area contributed by atoms with Crippen molar-refractivity contribution in [2.24, 2.45) is 0 Å². The molecule has 2 aliphatic rings. The van der Waals surface area contributed by atoms with Crippen molar-refractivity contribution < 1.29 is 9.59 Å². The summed E-state index contributed by atoms with van der Waals surface area (Å²) in [4.78, 5) is 35.8. The number of carbonyl (C=O) groups is 2. The molecule has 3 heterocycles. The van der Waals surface area contributed by atoms with E-state index in [-0.39, 0.29) is 17.9 Å². The molecule has 6 nitrogen and oxygen atoms in total. The number of piperidine rings is 1. The molecule has 0 N–H and O–H groups in total. The van der Waals surface area contributed by atoms with Crippen LogP contribution < -0.4 is 0 Å². The van der Waals surface area contributed by atoms with Crippen LogP contribution in [0.5, 0.6) is 0 Å². The van der Waals surface area contributed by atoms with E-state index in [0.29, 0.717) is 25.2 Å². The highest BCUT2D eigenvalue weighted by molar-refractivity contribution is 5.94. The smallest absolute Gasteiger partial charge is 0.255 e. The van der Waals surface area contributed by atoms with Crippen molar-refractivity contribution in [1.82, 2.24) is 19.7 Å². The van der Waals surface area contributed by atoms with E-state index < -0.39 is 0 Å². The molecule has 0 saturated carbocycles. The number of pyridine rings is 1. The van der Waals surface area contributed by atoms with Gasteiger partial charge in [-0.05, 0) is 30.5 Å². The molecule has 1 unspecified atom stereocenters. The molecule has 2 amide bonds. The third-order valence-corrected chi connectivity index (χ3v) is 5.67. The Morgan fingerprint density at radius 1 is 1.00 bits per heavy atom. The van der Waals surface area contributed by atoms with Gasteiger partial charge in [0, 0.05) is 51.7 Å². The maximum absolute atomic E-state index is 13.1. The van der Waals surface area contributed by atoms with Gasteiger partial charge in [0.15, 0.2) is 0 Å². The molecule has 0 aliphatic carbocycles. The average Bonchev–Trinajstić information content (AvgIpc) is 2.76. The lowest BCUT2D eigenvalue weighted by molar-refractivity contribution is -0.141. The third-order valence-electron chi connectivity index (χ3n) is 5.67. The third kappa shape index (κ3) is 4.07. The van der Waals surface area contributed by atoms with Crippen LogP contribution in [-0.2, 0) is 11.3 Å². The molecule has 2 fully saturated rings. The van der Waals surface area contributed by atoms with Gasteiger partial charge in [-0.15, -0.1) is 0 Å². The molecule has 6 heteroatoms. The lowest BCUT2D eigenvalue weighted by Gasteiger charge is -2.42. The first-order chi connectivity index (χ1) is 13.7. The van der Waals surface area contributed by atoms with Gasteiger partial charge in [0.05, 0.1) is 11.6 Å². The Morgan fingerprint density at radius 2 is 1.79 bits per heavy atom. The molecule has 0 spiro atoms. The van der Waals surface area contributed by atoms with Gasteiger partial charge in [-0.25, -0.2) is 0 Å². The number of amides is 2. The number of hydrogen-bond acceptors (Lipinski definition) is 4. The second kappa shape index (κ2) is 8.52. The van der Waals surface area contributed by atoms with Crippen molar-refractivity contribution in [2.75, 3.05) is 32.7 Å². The molecule has 4 rings (SSSR count). The van der Waals surface area contributed by atoms with Crippen LogP contribution in [0.3, 0.4) is 0 Å². The fourth-order valence-corrected chi connectivity index (χ4v) is 4.13. The van der Waals surface area contributed by atoms with Gasteiger partial charge >= 0.3 is 0 Å². The Morgan fingerprint density at radius 3 is 2.50 bits per heavy atom. The van der Waals surface area contributed by atoms with E-state index in [1.807, 2.05) is 28.0 Å². The first kappa shape index (κ1) is 18.6. The zero-order chi connectivity index (χ0) is 19.3. The fourth-order valence-electron chi connectivity index (χ4n) is 4.13. The van der Waals surface area contributed by atoms with E-state index >= 15 is 0 Å². The first-order valence-corrected chi connectivity index (χ1v) is 9.98. The fraction of sp³-hybridized carbons (Fsp3) is 0.409. The van der Waals surface area contributed by atoms with Crippen molar-refractivity contribution in [3.8, 4) is 0 Å². The molecule has 1 aromatic heterocycles. The predicted octanol–water partition coefficient (Wildman–Crippen LogP) is 2.03. The zero-order valence-corrected chi connectivity index (χ0v) is 16.0.